The van der Waals surface area contributed by atoms with Crippen LogP contribution in [0.4, 0.5) is 29.3 Å². The van der Waals surface area contributed by atoms with Crippen molar-refractivity contribution < 1.29 is 32.2 Å². The molecule has 2 aromatic heterocycles. The van der Waals surface area contributed by atoms with Gasteiger partial charge in [-0.05, 0) is 30.3 Å². The number of amides is 2. The van der Waals surface area contributed by atoms with Gasteiger partial charge < -0.3 is 20.1 Å². The Hall–Kier alpha value is -4.65. The van der Waals surface area contributed by atoms with Crippen molar-refractivity contribution in [2.75, 3.05) is 17.7 Å². The fraction of sp³-hybridized carbons (Fsp3) is 0.125. The van der Waals surface area contributed by atoms with Crippen LogP contribution in [0.2, 0.25) is 5.02 Å². The average Bonchev–Trinajstić information content (AvgIpc) is 3.33. The molecule has 0 fully saturated rings. The van der Waals surface area contributed by atoms with Crippen LogP contribution in [0.1, 0.15) is 5.56 Å². The number of aromatic nitrogens is 4. The SMILES string of the molecule is COC(=O)Cn1cc(-c2cc(Oc3cccc(NC(=O)Nc4ccc(Cl)c(C(F)(F)F)c4)c3)ncn2)cn1. The Morgan fingerprint density at radius 1 is 1.05 bits per heavy atom. The number of benzene rings is 2. The highest BCUT2D eigenvalue weighted by Crippen LogP contribution is 2.36. The number of nitrogens with zero attached hydrogens (tertiary/aromatic N) is 4. The maximum Gasteiger partial charge on any atom is 0.417 e. The minimum Gasteiger partial charge on any atom is -0.468 e. The smallest absolute Gasteiger partial charge is 0.417 e. The lowest BCUT2D eigenvalue weighted by molar-refractivity contribution is -0.141. The molecule has 2 heterocycles. The summed E-state index contributed by atoms with van der Waals surface area (Å²) in [6, 6.07) is 10.1. The molecule has 10 nitrogen and oxygen atoms in total. The summed E-state index contributed by atoms with van der Waals surface area (Å²) in [5.41, 5.74) is 0.260. The molecule has 0 aliphatic carbocycles. The van der Waals surface area contributed by atoms with E-state index < -0.39 is 28.8 Å². The number of hydrogen-bond acceptors (Lipinski definition) is 7. The number of hydrogen-bond donors (Lipinski definition) is 2. The number of ether oxygens (including phenoxy) is 2. The van der Waals surface area contributed by atoms with Crippen molar-refractivity contribution in [3.8, 4) is 22.9 Å². The maximum absolute atomic E-state index is 13.1. The van der Waals surface area contributed by atoms with Gasteiger partial charge in [-0.3, -0.25) is 9.48 Å². The van der Waals surface area contributed by atoms with Gasteiger partial charge in [0.25, 0.3) is 0 Å². The molecular weight excluding hydrogens is 529 g/mol. The van der Waals surface area contributed by atoms with Crippen LogP contribution in [0.3, 0.4) is 0 Å². The van der Waals surface area contributed by atoms with Gasteiger partial charge in [0.2, 0.25) is 5.88 Å². The molecule has 0 spiro atoms. The minimum atomic E-state index is -4.67. The number of rotatable bonds is 7. The number of alkyl halides is 3. The zero-order valence-electron chi connectivity index (χ0n) is 19.5. The summed E-state index contributed by atoms with van der Waals surface area (Å²) in [6.45, 7) is -0.0557. The average molecular weight is 547 g/mol. The van der Waals surface area contributed by atoms with Gasteiger partial charge in [0.15, 0.2) is 0 Å². The van der Waals surface area contributed by atoms with Gasteiger partial charge in [-0.25, -0.2) is 14.8 Å². The second kappa shape index (κ2) is 11.2. The van der Waals surface area contributed by atoms with E-state index in [-0.39, 0.29) is 18.1 Å². The fourth-order valence-electron chi connectivity index (χ4n) is 3.20. The molecule has 4 aromatic rings. The van der Waals surface area contributed by atoms with E-state index in [9.17, 15) is 22.8 Å². The van der Waals surface area contributed by atoms with Crippen LogP contribution >= 0.6 is 11.6 Å². The lowest BCUT2D eigenvalue weighted by Gasteiger charge is -2.13. The molecule has 0 saturated carbocycles. The Balaban J connectivity index is 1.42. The fourth-order valence-corrected chi connectivity index (χ4v) is 3.43. The van der Waals surface area contributed by atoms with Gasteiger partial charge >= 0.3 is 18.2 Å². The zero-order chi connectivity index (χ0) is 27.3. The maximum atomic E-state index is 13.1. The third-order valence-electron chi connectivity index (χ3n) is 4.93. The summed E-state index contributed by atoms with van der Waals surface area (Å²) in [7, 11) is 1.28. The quantitative estimate of drug-likeness (QED) is 0.289. The van der Waals surface area contributed by atoms with E-state index in [2.05, 4.69) is 30.4 Å². The molecule has 0 saturated heterocycles. The topological polar surface area (TPSA) is 120 Å². The van der Waals surface area contributed by atoms with Gasteiger partial charge in [-0.15, -0.1) is 0 Å². The molecule has 0 unspecified atom stereocenters. The summed E-state index contributed by atoms with van der Waals surface area (Å²) in [6.07, 6.45) is -0.235. The molecule has 2 amide bonds. The molecule has 0 aliphatic heterocycles. The van der Waals surface area contributed by atoms with Crippen LogP contribution in [-0.2, 0) is 22.3 Å². The van der Waals surface area contributed by atoms with Crippen LogP contribution in [-0.4, -0.2) is 38.9 Å². The summed E-state index contributed by atoms with van der Waals surface area (Å²) in [4.78, 5) is 32.0. The summed E-state index contributed by atoms with van der Waals surface area (Å²) < 4.78 is 51.0. The summed E-state index contributed by atoms with van der Waals surface area (Å²) in [5, 5.41) is 8.47. The van der Waals surface area contributed by atoms with Crippen LogP contribution in [0.15, 0.2) is 67.3 Å². The molecule has 0 aliphatic rings. The second-order valence-corrected chi connectivity index (χ2v) is 8.05. The largest absolute Gasteiger partial charge is 0.468 e. The van der Waals surface area contributed by atoms with E-state index >= 15 is 0 Å². The highest BCUT2D eigenvalue weighted by Gasteiger charge is 2.33. The van der Waals surface area contributed by atoms with Gasteiger partial charge in [0.1, 0.15) is 18.6 Å². The number of carbonyl (C=O) groups excluding carboxylic acids is 2. The zero-order valence-corrected chi connectivity index (χ0v) is 20.2. The number of carbonyl (C=O) groups is 2. The van der Waals surface area contributed by atoms with E-state index in [4.69, 9.17) is 16.3 Å². The van der Waals surface area contributed by atoms with Crippen molar-refractivity contribution in [2.24, 2.45) is 0 Å². The van der Waals surface area contributed by atoms with Gasteiger partial charge in [-0.1, -0.05) is 17.7 Å². The molecule has 2 N–H and O–H groups in total. The van der Waals surface area contributed by atoms with Gasteiger partial charge in [-0.2, -0.15) is 18.3 Å². The highest BCUT2D eigenvalue weighted by atomic mass is 35.5. The van der Waals surface area contributed by atoms with E-state index in [0.717, 1.165) is 12.1 Å². The molecule has 38 heavy (non-hydrogen) atoms. The number of nitrogens with one attached hydrogen (secondary N) is 2. The van der Waals surface area contributed by atoms with Crippen LogP contribution in [0.5, 0.6) is 11.6 Å². The predicted octanol–water partition coefficient (Wildman–Crippen LogP) is 5.62. The van der Waals surface area contributed by atoms with E-state index in [0.29, 0.717) is 22.7 Å². The lowest BCUT2D eigenvalue weighted by atomic mass is 10.2. The molecule has 0 atom stereocenters. The van der Waals surface area contributed by atoms with Crippen molar-refractivity contribution in [2.45, 2.75) is 12.7 Å². The first-order valence-corrected chi connectivity index (χ1v) is 11.1. The number of urea groups is 1. The van der Waals surface area contributed by atoms with Gasteiger partial charge in [0, 0.05) is 35.3 Å². The van der Waals surface area contributed by atoms with Crippen molar-refractivity contribution in [3.63, 3.8) is 0 Å². The molecular formula is C24H18ClF3N6O4. The monoisotopic (exact) mass is 546 g/mol. The number of anilines is 2. The lowest BCUT2D eigenvalue weighted by Crippen LogP contribution is -2.20. The van der Waals surface area contributed by atoms with Gasteiger partial charge in [0.05, 0.1) is 29.6 Å². The molecule has 0 radical (unpaired) electrons. The molecule has 196 valence electrons. The van der Waals surface area contributed by atoms with E-state index in [1.807, 2.05) is 0 Å². The molecule has 4 rings (SSSR count). The second-order valence-electron chi connectivity index (χ2n) is 7.65. The van der Waals surface area contributed by atoms with Crippen molar-refractivity contribution in [1.29, 1.82) is 0 Å². The standard InChI is InChI=1S/C24H18ClF3N6O4/c1-37-22(35)12-34-11-14(10-31-34)20-9-21(30-13-29-20)38-17-4-2-3-15(7-17)32-23(36)33-16-5-6-19(25)18(8-16)24(26,27)28/h2-11,13H,12H2,1H3,(H2,32,33,36). The van der Waals surface area contributed by atoms with E-state index in [1.54, 1.807) is 30.5 Å². The first kappa shape index (κ1) is 26.4. The molecule has 2 aromatic carbocycles. The van der Waals surface area contributed by atoms with Crippen molar-refractivity contribution in [1.82, 2.24) is 19.7 Å². The number of halogens is 4. The van der Waals surface area contributed by atoms with Crippen LogP contribution in [0.25, 0.3) is 11.3 Å². The molecule has 0 bridgehead atoms. The normalized spacial score (nSPS) is 11.1. The Morgan fingerprint density at radius 3 is 2.55 bits per heavy atom. The summed E-state index contributed by atoms with van der Waals surface area (Å²) in [5.74, 6) is 0.0607. The Kier molecular flexibility index (Phi) is 7.76. The predicted molar refractivity (Wildman–Crippen MR) is 131 cm³/mol. The third kappa shape index (κ3) is 6.76. The van der Waals surface area contributed by atoms with Crippen LogP contribution < -0.4 is 15.4 Å². The number of methoxy groups -OCH3 is 1. The summed E-state index contributed by atoms with van der Waals surface area (Å²) >= 11 is 5.61. The first-order valence-electron chi connectivity index (χ1n) is 10.7. The first-order chi connectivity index (χ1) is 18.1. The molecule has 14 heteroatoms. The Morgan fingerprint density at radius 2 is 1.82 bits per heavy atom. The Bertz CT molecular complexity index is 1480. The minimum absolute atomic E-state index is 0.0557. The Labute approximate surface area is 218 Å². The third-order valence-corrected chi connectivity index (χ3v) is 5.26. The van der Waals surface area contributed by atoms with Crippen molar-refractivity contribution >= 4 is 35.0 Å². The van der Waals surface area contributed by atoms with Crippen molar-refractivity contribution in [3.05, 3.63) is 77.8 Å². The highest BCUT2D eigenvalue weighted by molar-refractivity contribution is 6.31. The van der Waals surface area contributed by atoms with Crippen LogP contribution in [0, 0.1) is 0 Å². The number of esters is 1. The van der Waals surface area contributed by atoms with E-state index in [1.165, 1.54) is 36.4 Å².